The highest BCUT2D eigenvalue weighted by atomic mass is 32.1. The lowest BCUT2D eigenvalue weighted by molar-refractivity contribution is 0.397. The predicted molar refractivity (Wildman–Crippen MR) is 78.2 cm³/mol. The molecule has 0 aliphatic carbocycles. The molecule has 0 bridgehead atoms. The zero-order valence-electron chi connectivity index (χ0n) is 10.7. The topological polar surface area (TPSA) is 31.4 Å². The van der Waals surface area contributed by atoms with Gasteiger partial charge >= 0.3 is 0 Å². The molecule has 96 valence electrons. The Bertz CT molecular complexity index is 707. The number of methoxy groups -OCH3 is 2. The van der Waals surface area contributed by atoms with Crippen LogP contribution in [-0.4, -0.2) is 19.2 Å². The minimum atomic E-state index is 0.743. The molecule has 3 aromatic rings. The maximum absolute atomic E-state index is 5.38. The van der Waals surface area contributed by atoms with E-state index in [0.717, 1.165) is 32.3 Å². The van der Waals surface area contributed by atoms with Crippen LogP contribution in [0.3, 0.4) is 0 Å². The molecule has 0 radical (unpaired) electrons. The lowest BCUT2D eigenvalue weighted by atomic mass is 10.2. The van der Waals surface area contributed by atoms with Gasteiger partial charge in [0.15, 0.2) is 0 Å². The number of benzene rings is 2. The third-order valence-corrected chi connectivity index (χ3v) is 3.96. The molecule has 3 rings (SSSR count). The SMILES string of the molecule is COc1cc(OC)c2nc(-c3ccccc3)sc2c1. The van der Waals surface area contributed by atoms with Gasteiger partial charge in [0.25, 0.3) is 0 Å². The Morgan fingerprint density at radius 2 is 1.79 bits per heavy atom. The van der Waals surface area contributed by atoms with Crippen LogP contribution >= 0.6 is 11.3 Å². The largest absolute Gasteiger partial charge is 0.497 e. The number of hydrogen-bond donors (Lipinski definition) is 0. The number of aromatic nitrogens is 1. The molecule has 4 heteroatoms. The Hall–Kier alpha value is -2.07. The molecule has 0 saturated heterocycles. The summed E-state index contributed by atoms with van der Waals surface area (Å²) >= 11 is 1.64. The predicted octanol–water partition coefficient (Wildman–Crippen LogP) is 3.98. The normalized spacial score (nSPS) is 10.6. The van der Waals surface area contributed by atoms with Gasteiger partial charge in [-0.05, 0) is 6.07 Å². The molecule has 0 fully saturated rings. The molecule has 0 unspecified atom stereocenters. The van der Waals surface area contributed by atoms with Crippen molar-refractivity contribution in [2.45, 2.75) is 0 Å². The first-order valence-electron chi connectivity index (χ1n) is 5.90. The van der Waals surface area contributed by atoms with E-state index in [1.54, 1.807) is 25.6 Å². The van der Waals surface area contributed by atoms with E-state index in [4.69, 9.17) is 9.47 Å². The molecule has 1 heterocycles. The van der Waals surface area contributed by atoms with Crippen molar-refractivity contribution in [3.8, 4) is 22.1 Å². The van der Waals surface area contributed by atoms with Crippen molar-refractivity contribution < 1.29 is 9.47 Å². The minimum absolute atomic E-state index is 0.743. The summed E-state index contributed by atoms with van der Waals surface area (Å²) < 4.78 is 11.7. The molecule has 0 aliphatic heterocycles. The lowest BCUT2D eigenvalue weighted by Crippen LogP contribution is -1.87. The van der Waals surface area contributed by atoms with Crippen molar-refractivity contribution in [3.05, 3.63) is 42.5 Å². The van der Waals surface area contributed by atoms with Crippen LogP contribution in [0, 0.1) is 0 Å². The summed E-state index contributed by atoms with van der Waals surface area (Å²) in [7, 11) is 3.30. The Labute approximate surface area is 115 Å². The fraction of sp³-hybridized carbons (Fsp3) is 0.133. The number of nitrogens with zero attached hydrogens (tertiary/aromatic N) is 1. The fourth-order valence-electron chi connectivity index (χ4n) is 1.95. The van der Waals surface area contributed by atoms with E-state index < -0.39 is 0 Å². The number of rotatable bonds is 3. The zero-order chi connectivity index (χ0) is 13.2. The van der Waals surface area contributed by atoms with Crippen LogP contribution in [0.2, 0.25) is 0 Å². The van der Waals surface area contributed by atoms with Crippen molar-refractivity contribution in [3.63, 3.8) is 0 Å². The number of hydrogen-bond acceptors (Lipinski definition) is 4. The smallest absolute Gasteiger partial charge is 0.149 e. The van der Waals surface area contributed by atoms with E-state index in [-0.39, 0.29) is 0 Å². The summed E-state index contributed by atoms with van der Waals surface area (Å²) in [6.45, 7) is 0. The Morgan fingerprint density at radius 1 is 1.00 bits per heavy atom. The molecule has 19 heavy (non-hydrogen) atoms. The molecular formula is C15H13NO2S. The molecule has 0 N–H and O–H groups in total. The van der Waals surface area contributed by atoms with Crippen LogP contribution in [0.25, 0.3) is 20.8 Å². The number of fused-ring (bicyclic) bond motifs is 1. The molecule has 1 aromatic heterocycles. The highest BCUT2D eigenvalue weighted by Crippen LogP contribution is 2.37. The molecule has 0 atom stereocenters. The third kappa shape index (κ3) is 2.15. The van der Waals surface area contributed by atoms with Gasteiger partial charge in [-0.1, -0.05) is 30.3 Å². The molecule has 0 aliphatic rings. The van der Waals surface area contributed by atoms with Gasteiger partial charge < -0.3 is 9.47 Å². The fourth-order valence-corrected chi connectivity index (χ4v) is 2.97. The first kappa shape index (κ1) is 12.0. The van der Waals surface area contributed by atoms with Crippen molar-refractivity contribution in [2.24, 2.45) is 0 Å². The Balaban J connectivity index is 2.20. The number of thiazole rings is 1. The second kappa shape index (κ2) is 4.90. The standard InChI is InChI=1S/C15H13NO2S/c1-17-11-8-12(18-2)14-13(9-11)19-15(16-14)10-6-4-3-5-7-10/h3-9H,1-2H3. The molecule has 2 aromatic carbocycles. The van der Waals surface area contributed by atoms with Gasteiger partial charge in [-0.3, -0.25) is 0 Å². The molecule has 0 saturated carbocycles. The first-order valence-corrected chi connectivity index (χ1v) is 6.71. The van der Waals surface area contributed by atoms with Gasteiger partial charge in [-0.25, -0.2) is 4.98 Å². The summed E-state index contributed by atoms with van der Waals surface area (Å²) in [6.07, 6.45) is 0. The highest BCUT2D eigenvalue weighted by molar-refractivity contribution is 7.21. The van der Waals surface area contributed by atoms with Crippen LogP contribution in [-0.2, 0) is 0 Å². The first-order chi connectivity index (χ1) is 9.31. The summed E-state index contributed by atoms with van der Waals surface area (Å²) in [5.74, 6) is 1.53. The van der Waals surface area contributed by atoms with Gasteiger partial charge in [0.2, 0.25) is 0 Å². The average Bonchev–Trinajstić information content (AvgIpc) is 2.91. The van der Waals surface area contributed by atoms with E-state index in [0.29, 0.717) is 0 Å². The summed E-state index contributed by atoms with van der Waals surface area (Å²) in [5, 5.41) is 0.988. The van der Waals surface area contributed by atoms with Gasteiger partial charge in [-0.2, -0.15) is 0 Å². The molecule has 3 nitrogen and oxygen atoms in total. The molecule has 0 amide bonds. The van der Waals surface area contributed by atoms with E-state index in [1.165, 1.54) is 0 Å². The van der Waals surface area contributed by atoms with Crippen LogP contribution in [0.15, 0.2) is 42.5 Å². The van der Waals surface area contributed by atoms with Gasteiger partial charge in [-0.15, -0.1) is 11.3 Å². The van der Waals surface area contributed by atoms with Crippen molar-refractivity contribution in [2.75, 3.05) is 14.2 Å². The van der Waals surface area contributed by atoms with Crippen molar-refractivity contribution in [1.82, 2.24) is 4.98 Å². The molecular weight excluding hydrogens is 258 g/mol. The monoisotopic (exact) mass is 271 g/mol. The number of ether oxygens (including phenoxy) is 2. The highest BCUT2D eigenvalue weighted by Gasteiger charge is 2.12. The molecule has 0 spiro atoms. The summed E-state index contributed by atoms with van der Waals surface area (Å²) in [6, 6.07) is 14.0. The van der Waals surface area contributed by atoms with E-state index in [2.05, 4.69) is 17.1 Å². The van der Waals surface area contributed by atoms with E-state index in [1.807, 2.05) is 30.3 Å². The van der Waals surface area contributed by atoms with Crippen LogP contribution in [0.4, 0.5) is 0 Å². The van der Waals surface area contributed by atoms with Crippen LogP contribution in [0.5, 0.6) is 11.5 Å². The summed E-state index contributed by atoms with van der Waals surface area (Å²) in [5.41, 5.74) is 2.00. The third-order valence-electron chi connectivity index (χ3n) is 2.91. The van der Waals surface area contributed by atoms with Crippen LogP contribution < -0.4 is 9.47 Å². The second-order valence-corrected chi connectivity index (χ2v) is 5.09. The Morgan fingerprint density at radius 3 is 2.47 bits per heavy atom. The van der Waals surface area contributed by atoms with Crippen molar-refractivity contribution in [1.29, 1.82) is 0 Å². The van der Waals surface area contributed by atoms with Gasteiger partial charge in [0, 0.05) is 11.6 Å². The van der Waals surface area contributed by atoms with Gasteiger partial charge in [0.1, 0.15) is 22.0 Å². The second-order valence-electron chi connectivity index (χ2n) is 4.06. The maximum Gasteiger partial charge on any atom is 0.149 e. The lowest BCUT2D eigenvalue weighted by Gasteiger charge is -2.03. The Kier molecular flexibility index (Phi) is 3.09. The van der Waals surface area contributed by atoms with Gasteiger partial charge in [0.05, 0.1) is 18.9 Å². The van der Waals surface area contributed by atoms with Crippen molar-refractivity contribution >= 4 is 21.6 Å². The van der Waals surface area contributed by atoms with E-state index >= 15 is 0 Å². The zero-order valence-corrected chi connectivity index (χ0v) is 11.5. The van der Waals surface area contributed by atoms with E-state index in [9.17, 15) is 0 Å². The average molecular weight is 271 g/mol. The maximum atomic E-state index is 5.38. The quantitative estimate of drug-likeness (QED) is 0.722. The minimum Gasteiger partial charge on any atom is -0.497 e. The summed E-state index contributed by atoms with van der Waals surface area (Å²) in [4.78, 5) is 4.67. The van der Waals surface area contributed by atoms with Crippen LogP contribution in [0.1, 0.15) is 0 Å².